The second-order valence-corrected chi connectivity index (χ2v) is 13.5. The quantitative estimate of drug-likeness (QED) is 0.183. The zero-order chi connectivity index (χ0) is 27.0. The van der Waals surface area contributed by atoms with Crippen LogP contribution < -0.4 is 5.73 Å². The predicted octanol–water partition coefficient (Wildman–Crippen LogP) is 5.22. The third-order valence-corrected chi connectivity index (χ3v) is 11.7. The molecule has 0 bridgehead atoms. The van der Waals surface area contributed by atoms with Crippen LogP contribution in [0.1, 0.15) is 104 Å². The summed E-state index contributed by atoms with van der Waals surface area (Å²) < 4.78 is 22.1. The number of aliphatic hydroxyl groups excluding tert-OH is 2. The van der Waals surface area contributed by atoms with Crippen molar-refractivity contribution in [3.63, 3.8) is 0 Å². The van der Waals surface area contributed by atoms with Crippen molar-refractivity contribution in [3.05, 3.63) is 0 Å². The van der Waals surface area contributed by atoms with Gasteiger partial charge in [-0.1, -0.05) is 20.3 Å². The highest BCUT2D eigenvalue weighted by atomic mass is 16.7. The molecule has 4 aliphatic carbocycles. The first-order chi connectivity index (χ1) is 18.4. The fraction of sp³-hybridized carbons (Fsp3) is 1.00. The van der Waals surface area contributed by atoms with Crippen molar-refractivity contribution in [3.8, 4) is 0 Å². The molecule has 4 N–H and O–H groups in total. The van der Waals surface area contributed by atoms with Gasteiger partial charge in [-0.15, -0.1) is 0 Å². The lowest BCUT2D eigenvalue weighted by Crippen LogP contribution is -2.54. The smallest absolute Gasteiger partial charge is 0.147 e. The van der Waals surface area contributed by atoms with Crippen LogP contribution in [0.2, 0.25) is 0 Å². The van der Waals surface area contributed by atoms with Crippen molar-refractivity contribution in [2.45, 2.75) is 116 Å². The zero-order valence-electron chi connectivity index (χ0n) is 24.3. The van der Waals surface area contributed by atoms with Crippen LogP contribution in [0, 0.1) is 40.4 Å². The summed E-state index contributed by atoms with van der Waals surface area (Å²) >= 11 is 0. The first-order valence-electron chi connectivity index (χ1n) is 15.7. The summed E-state index contributed by atoms with van der Waals surface area (Å²) in [5, 5.41) is 17.5. The van der Waals surface area contributed by atoms with E-state index in [9.17, 15) is 0 Å². The highest BCUT2D eigenvalue weighted by Gasteiger charge is 2.59. The second kappa shape index (κ2) is 14.6. The van der Waals surface area contributed by atoms with Gasteiger partial charge >= 0.3 is 0 Å². The van der Waals surface area contributed by atoms with E-state index in [1.54, 1.807) is 0 Å². The number of aliphatic hydroxyl groups is 2. The maximum absolute atomic E-state index is 8.86. The molecule has 0 amide bonds. The predicted molar refractivity (Wildman–Crippen MR) is 148 cm³/mol. The fourth-order valence-electron chi connectivity index (χ4n) is 9.55. The summed E-state index contributed by atoms with van der Waals surface area (Å²) in [6, 6.07) is -0.0155. The lowest BCUT2D eigenvalue weighted by atomic mass is 9.44. The monoisotopic (exact) mass is 539 g/mol. The minimum absolute atomic E-state index is 0.0155. The Kier molecular flexibility index (Phi) is 11.8. The molecule has 7 nitrogen and oxygen atoms in total. The molecule has 7 unspecified atom stereocenters. The Morgan fingerprint density at radius 2 is 1.55 bits per heavy atom. The van der Waals surface area contributed by atoms with Crippen molar-refractivity contribution in [1.29, 1.82) is 0 Å². The Hall–Kier alpha value is -0.280. The molecule has 9 atom stereocenters. The molecule has 0 aromatic heterocycles. The van der Waals surface area contributed by atoms with Crippen molar-refractivity contribution in [2.24, 2.45) is 46.2 Å². The number of rotatable bonds is 16. The van der Waals surface area contributed by atoms with Gasteiger partial charge in [0.25, 0.3) is 0 Å². The maximum Gasteiger partial charge on any atom is 0.147 e. The van der Waals surface area contributed by atoms with E-state index in [4.69, 9.17) is 34.9 Å². The Morgan fingerprint density at radius 3 is 2.34 bits per heavy atom. The van der Waals surface area contributed by atoms with Gasteiger partial charge in [-0.25, -0.2) is 0 Å². The lowest BCUT2D eigenvalue weighted by molar-refractivity contribution is -0.157. The molecule has 0 radical (unpaired) electrons. The first kappa shape index (κ1) is 30.7. The molecule has 222 valence electrons. The average molecular weight is 540 g/mol. The van der Waals surface area contributed by atoms with E-state index in [1.165, 1.54) is 64.2 Å². The topological polar surface area (TPSA) is 103 Å². The van der Waals surface area contributed by atoms with Crippen LogP contribution in [0.5, 0.6) is 0 Å². The van der Waals surface area contributed by atoms with E-state index < -0.39 is 0 Å². The summed E-state index contributed by atoms with van der Waals surface area (Å²) in [6.45, 7) is 6.98. The molecule has 4 aliphatic rings. The Labute approximate surface area is 231 Å². The van der Waals surface area contributed by atoms with Gasteiger partial charge < -0.3 is 34.9 Å². The molecule has 4 saturated carbocycles. The standard InChI is InChI=1S/C31H57NO6/c1-30-15-13-29-27(28(30)11-9-23(30)6-3-4-16-35-20-33)10-8-24-18-26(12-14-31(24,29)2)38-22-37-19-25(32)7-5-17-36-21-34/h23-29,33-34H,3-22,32H2,1-2H3/t23?,24-,25?,26?,27?,28+,29?,30?,31?/m1/s1. The minimum atomic E-state index is -0.230. The van der Waals surface area contributed by atoms with E-state index in [1.807, 2.05) is 0 Å². The summed E-state index contributed by atoms with van der Waals surface area (Å²) in [4.78, 5) is 0. The van der Waals surface area contributed by atoms with Crippen LogP contribution in [-0.4, -0.2) is 62.6 Å². The SMILES string of the molecule is CC12CCC(OCOCC(N)CCCOCO)C[C@H]1CCC1C2CCC2(C)C(CCCCOCO)CC[C@@H]12. The highest BCUT2D eigenvalue weighted by Crippen LogP contribution is 2.68. The molecule has 0 spiro atoms. The number of unbranched alkanes of at least 4 members (excludes halogenated alkanes) is 1. The third-order valence-electron chi connectivity index (χ3n) is 11.7. The van der Waals surface area contributed by atoms with Crippen molar-refractivity contribution < 1.29 is 29.2 Å². The number of nitrogens with two attached hydrogens (primary N) is 1. The molecule has 4 fully saturated rings. The van der Waals surface area contributed by atoms with E-state index in [-0.39, 0.29) is 19.6 Å². The molecule has 0 aromatic carbocycles. The van der Waals surface area contributed by atoms with Crippen LogP contribution in [0.15, 0.2) is 0 Å². The van der Waals surface area contributed by atoms with Gasteiger partial charge in [0.1, 0.15) is 20.4 Å². The Balaban J connectivity index is 1.21. The summed E-state index contributed by atoms with van der Waals surface area (Å²) in [6.07, 6.45) is 17.7. The van der Waals surface area contributed by atoms with E-state index in [0.717, 1.165) is 55.3 Å². The largest absolute Gasteiger partial charge is 0.371 e. The number of hydrogen-bond donors (Lipinski definition) is 3. The molecule has 7 heteroatoms. The van der Waals surface area contributed by atoms with Crippen molar-refractivity contribution in [1.82, 2.24) is 0 Å². The molecule has 38 heavy (non-hydrogen) atoms. The zero-order valence-corrected chi connectivity index (χ0v) is 24.3. The van der Waals surface area contributed by atoms with Gasteiger partial charge in [0.05, 0.1) is 12.7 Å². The lowest BCUT2D eigenvalue weighted by Gasteiger charge is -2.61. The second-order valence-electron chi connectivity index (χ2n) is 13.5. The van der Waals surface area contributed by atoms with E-state index in [2.05, 4.69) is 13.8 Å². The van der Waals surface area contributed by atoms with Crippen LogP contribution in [0.25, 0.3) is 0 Å². The van der Waals surface area contributed by atoms with Gasteiger partial charge in [0.2, 0.25) is 0 Å². The summed E-state index contributed by atoms with van der Waals surface area (Å²) in [7, 11) is 0. The van der Waals surface area contributed by atoms with Crippen molar-refractivity contribution in [2.75, 3.05) is 40.2 Å². The van der Waals surface area contributed by atoms with Gasteiger partial charge in [0, 0.05) is 19.3 Å². The van der Waals surface area contributed by atoms with Gasteiger partial charge in [-0.05, 0) is 124 Å². The Bertz CT molecular complexity index is 695. The minimum Gasteiger partial charge on any atom is -0.371 e. The van der Waals surface area contributed by atoms with Gasteiger partial charge in [-0.2, -0.15) is 0 Å². The first-order valence-corrected chi connectivity index (χ1v) is 15.7. The molecular formula is C31H57NO6. The molecule has 4 rings (SSSR count). The number of ether oxygens (including phenoxy) is 4. The number of hydrogen-bond acceptors (Lipinski definition) is 7. The molecule has 0 heterocycles. The normalized spacial score (nSPS) is 39.4. The van der Waals surface area contributed by atoms with Crippen LogP contribution in [0.3, 0.4) is 0 Å². The molecule has 0 aliphatic heterocycles. The average Bonchev–Trinajstić information content (AvgIpc) is 3.25. The fourth-order valence-corrected chi connectivity index (χ4v) is 9.55. The third kappa shape index (κ3) is 7.13. The molecular weight excluding hydrogens is 482 g/mol. The van der Waals surface area contributed by atoms with Crippen LogP contribution >= 0.6 is 0 Å². The van der Waals surface area contributed by atoms with E-state index in [0.29, 0.717) is 43.5 Å². The summed E-state index contributed by atoms with van der Waals surface area (Å²) in [5.74, 6) is 4.38. The highest BCUT2D eigenvalue weighted by molar-refractivity contribution is 5.09. The van der Waals surface area contributed by atoms with Crippen LogP contribution in [-0.2, 0) is 18.9 Å². The van der Waals surface area contributed by atoms with E-state index >= 15 is 0 Å². The van der Waals surface area contributed by atoms with Crippen molar-refractivity contribution >= 4 is 0 Å². The maximum atomic E-state index is 8.86. The van der Waals surface area contributed by atoms with Crippen LogP contribution in [0.4, 0.5) is 0 Å². The van der Waals surface area contributed by atoms with Gasteiger partial charge in [-0.3, -0.25) is 0 Å². The Morgan fingerprint density at radius 1 is 0.816 bits per heavy atom. The van der Waals surface area contributed by atoms with Gasteiger partial charge in [0.15, 0.2) is 0 Å². The molecule has 0 aromatic rings. The number of fused-ring (bicyclic) bond motifs is 5. The summed E-state index contributed by atoms with van der Waals surface area (Å²) in [5.41, 5.74) is 7.14. The molecule has 0 saturated heterocycles.